The van der Waals surface area contributed by atoms with Gasteiger partial charge in [0.15, 0.2) is 0 Å². The Bertz CT molecular complexity index is 1250. The van der Waals surface area contributed by atoms with Gasteiger partial charge in [-0.05, 0) is 35.7 Å². The fourth-order valence-corrected chi connectivity index (χ4v) is 4.34. The second-order valence-corrected chi connectivity index (χ2v) is 9.53. The van der Waals surface area contributed by atoms with Crippen LogP contribution in [0.2, 0.25) is 5.02 Å². The maximum absolute atomic E-state index is 14.1. The van der Waals surface area contributed by atoms with Crippen LogP contribution >= 0.6 is 11.6 Å². The zero-order valence-corrected chi connectivity index (χ0v) is 21.7. The molecule has 0 spiro atoms. The number of methoxy groups -OCH3 is 1. The topological polar surface area (TPSA) is 80.3 Å². The zero-order valence-electron chi connectivity index (χ0n) is 21.0. The Morgan fingerprint density at radius 3 is 2.51 bits per heavy atom. The molecule has 0 fully saturated rings. The summed E-state index contributed by atoms with van der Waals surface area (Å²) in [7, 11) is 1.54. The van der Waals surface area contributed by atoms with E-state index in [2.05, 4.69) is 5.32 Å². The van der Waals surface area contributed by atoms with Crippen molar-refractivity contribution >= 4 is 28.9 Å². The van der Waals surface area contributed by atoms with Gasteiger partial charge in [0.1, 0.15) is 29.9 Å². The summed E-state index contributed by atoms with van der Waals surface area (Å²) in [5.74, 6) is -0.682. The van der Waals surface area contributed by atoms with Crippen molar-refractivity contribution in [1.82, 2.24) is 0 Å². The van der Waals surface area contributed by atoms with Crippen molar-refractivity contribution in [2.45, 2.75) is 32.2 Å². The van der Waals surface area contributed by atoms with Crippen LogP contribution in [0, 0.1) is 0 Å². The molecule has 0 aromatic heterocycles. The first kappa shape index (κ1) is 26.6. The SMILES string of the molecule is COc1cc(NC(C(=O)N2CCc3ccc(OC(C)(C)F)cc32)c2ccc(Cl)cc2)cc(OCCO)c1. The number of anilines is 2. The Morgan fingerprint density at radius 2 is 1.84 bits per heavy atom. The average molecular weight is 529 g/mol. The van der Waals surface area contributed by atoms with Gasteiger partial charge in [-0.3, -0.25) is 4.79 Å². The van der Waals surface area contributed by atoms with Crippen molar-refractivity contribution in [2.24, 2.45) is 0 Å². The number of hydrogen-bond donors (Lipinski definition) is 2. The van der Waals surface area contributed by atoms with Crippen molar-refractivity contribution in [2.75, 3.05) is 37.1 Å². The first-order valence-corrected chi connectivity index (χ1v) is 12.3. The van der Waals surface area contributed by atoms with E-state index in [-0.39, 0.29) is 19.1 Å². The molecule has 0 radical (unpaired) electrons. The quantitative estimate of drug-likeness (QED) is 0.359. The maximum Gasteiger partial charge on any atom is 0.254 e. The third-order valence-electron chi connectivity index (χ3n) is 5.82. The number of rotatable bonds is 10. The molecule has 7 nitrogen and oxygen atoms in total. The van der Waals surface area contributed by atoms with E-state index >= 15 is 0 Å². The number of carbonyl (C=O) groups excluding carboxylic acids is 1. The summed E-state index contributed by atoms with van der Waals surface area (Å²) in [6, 6.07) is 16.7. The number of halogens is 2. The third-order valence-corrected chi connectivity index (χ3v) is 6.07. The molecule has 1 amide bonds. The molecule has 1 aliphatic rings. The van der Waals surface area contributed by atoms with E-state index in [0.717, 1.165) is 5.56 Å². The Morgan fingerprint density at radius 1 is 1.11 bits per heavy atom. The van der Waals surface area contributed by atoms with Crippen LogP contribution in [0.4, 0.5) is 15.8 Å². The molecule has 0 saturated heterocycles. The van der Waals surface area contributed by atoms with Crippen LogP contribution in [0.25, 0.3) is 0 Å². The fourth-order valence-electron chi connectivity index (χ4n) is 4.22. The van der Waals surface area contributed by atoms with Gasteiger partial charge < -0.3 is 29.5 Å². The largest absolute Gasteiger partial charge is 0.497 e. The molecule has 0 aliphatic carbocycles. The molecule has 1 atom stereocenters. The lowest BCUT2D eigenvalue weighted by Crippen LogP contribution is -2.37. The molecule has 9 heteroatoms. The Labute approximate surface area is 220 Å². The van der Waals surface area contributed by atoms with Crippen LogP contribution in [0.1, 0.15) is 31.0 Å². The molecule has 2 N–H and O–H groups in total. The van der Waals surface area contributed by atoms with Crippen molar-refractivity contribution in [3.8, 4) is 17.2 Å². The average Bonchev–Trinajstić information content (AvgIpc) is 3.28. The van der Waals surface area contributed by atoms with Gasteiger partial charge in [-0.15, -0.1) is 0 Å². The highest BCUT2D eigenvalue weighted by molar-refractivity contribution is 6.30. The lowest BCUT2D eigenvalue weighted by Gasteiger charge is -2.27. The molecular weight excluding hydrogens is 499 g/mol. The molecule has 1 aliphatic heterocycles. The van der Waals surface area contributed by atoms with Crippen LogP contribution in [-0.2, 0) is 11.2 Å². The third kappa shape index (κ3) is 6.64. The van der Waals surface area contributed by atoms with Gasteiger partial charge in [-0.25, -0.2) is 0 Å². The van der Waals surface area contributed by atoms with Gasteiger partial charge in [0.05, 0.1) is 19.4 Å². The van der Waals surface area contributed by atoms with E-state index < -0.39 is 11.9 Å². The Hall–Kier alpha value is -3.49. The van der Waals surface area contributed by atoms with Crippen molar-refractivity contribution in [3.05, 3.63) is 76.8 Å². The lowest BCUT2D eigenvalue weighted by molar-refractivity contribution is -0.119. The molecule has 1 heterocycles. The van der Waals surface area contributed by atoms with Crippen LogP contribution in [-0.4, -0.2) is 43.7 Å². The summed E-state index contributed by atoms with van der Waals surface area (Å²) >= 11 is 6.12. The summed E-state index contributed by atoms with van der Waals surface area (Å²) in [5.41, 5.74) is 2.97. The predicted octanol–water partition coefficient (Wildman–Crippen LogP) is 5.55. The minimum absolute atomic E-state index is 0.122. The van der Waals surface area contributed by atoms with Gasteiger partial charge in [0.2, 0.25) is 5.85 Å². The van der Waals surface area contributed by atoms with Crippen LogP contribution in [0.15, 0.2) is 60.7 Å². The highest BCUT2D eigenvalue weighted by Gasteiger charge is 2.32. The number of nitrogens with one attached hydrogen (secondary N) is 1. The minimum atomic E-state index is -1.85. The smallest absolute Gasteiger partial charge is 0.254 e. The van der Waals surface area contributed by atoms with Gasteiger partial charge in [-0.1, -0.05) is 29.8 Å². The highest BCUT2D eigenvalue weighted by atomic mass is 35.5. The second kappa shape index (κ2) is 11.3. The molecule has 0 bridgehead atoms. The number of aliphatic hydroxyl groups is 1. The van der Waals surface area contributed by atoms with Crippen molar-refractivity contribution in [3.63, 3.8) is 0 Å². The van der Waals surface area contributed by atoms with Crippen LogP contribution in [0.3, 0.4) is 0 Å². The van der Waals surface area contributed by atoms with E-state index in [1.807, 2.05) is 6.07 Å². The summed E-state index contributed by atoms with van der Waals surface area (Å²) < 4.78 is 30.5. The molecule has 4 rings (SSSR count). The number of carbonyl (C=O) groups is 1. The van der Waals surface area contributed by atoms with E-state index in [0.29, 0.717) is 52.2 Å². The monoisotopic (exact) mass is 528 g/mol. The maximum atomic E-state index is 14.1. The summed E-state index contributed by atoms with van der Waals surface area (Å²) in [6.45, 7) is 3.13. The molecular formula is C28H30ClFN2O5. The zero-order chi connectivity index (χ0) is 26.6. The minimum Gasteiger partial charge on any atom is -0.497 e. The van der Waals surface area contributed by atoms with E-state index in [1.54, 1.807) is 59.5 Å². The van der Waals surface area contributed by atoms with Crippen molar-refractivity contribution < 1.29 is 28.5 Å². The summed E-state index contributed by atoms with van der Waals surface area (Å²) in [6.07, 6.45) is 0.673. The number of hydrogen-bond acceptors (Lipinski definition) is 6. The van der Waals surface area contributed by atoms with Crippen LogP contribution < -0.4 is 24.4 Å². The number of nitrogens with zero attached hydrogens (tertiary/aromatic N) is 1. The van der Waals surface area contributed by atoms with Crippen LogP contribution in [0.5, 0.6) is 17.2 Å². The molecule has 3 aromatic carbocycles. The molecule has 1 unspecified atom stereocenters. The molecule has 3 aromatic rings. The lowest BCUT2D eigenvalue weighted by atomic mass is 10.0. The summed E-state index contributed by atoms with van der Waals surface area (Å²) in [5, 5.41) is 13.0. The highest BCUT2D eigenvalue weighted by Crippen LogP contribution is 2.36. The van der Waals surface area contributed by atoms with Gasteiger partial charge in [0.25, 0.3) is 5.91 Å². The number of alkyl halides is 1. The van der Waals surface area contributed by atoms with E-state index in [1.165, 1.54) is 21.0 Å². The van der Waals surface area contributed by atoms with E-state index in [9.17, 15) is 9.18 Å². The number of fused-ring (bicyclic) bond motifs is 1. The second-order valence-electron chi connectivity index (χ2n) is 9.09. The fraction of sp³-hybridized carbons (Fsp3) is 0.321. The number of ether oxygens (including phenoxy) is 3. The van der Waals surface area contributed by atoms with Gasteiger partial charge in [0, 0.05) is 55.4 Å². The van der Waals surface area contributed by atoms with Crippen molar-refractivity contribution in [1.29, 1.82) is 0 Å². The van der Waals surface area contributed by atoms with E-state index in [4.69, 9.17) is 30.9 Å². The summed E-state index contributed by atoms with van der Waals surface area (Å²) in [4.78, 5) is 15.7. The molecule has 196 valence electrons. The molecule has 0 saturated carbocycles. The molecule has 37 heavy (non-hydrogen) atoms. The Balaban J connectivity index is 1.68. The predicted molar refractivity (Wildman–Crippen MR) is 142 cm³/mol. The number of benzene rings is 3. The Kier molecular flexibility index (Phi) is 8.10. The first-order valence-electron chi connectivity index (χ1n) is 11.9. The number of aliphatic hydroxyl groups excluding tert-OH is 1. The number of amides is 1. The standard InChI is InChI=1S/C28H30ClFN2O5/c1-28(2,30)37-22-9-6-18-10-11-32(25(18)17-22)27(34)26(19-4-7-20(29)8-5-19)31-21-14-23(35-3)16-24(15-21)36-13-12-33/h4-9,14-17,26,31,33H,10-13H2,1-3H3. The van der Waals surface area contributed by atoms with Gasteiger partial charge in [-0.2, -0.15) is 4.39 Å². The van der Waals surface area contributed by atoms with Gasteiger partial charge >= 0.3 is 0 Å². The normalized spacial score (nSPS) is 13.6. The first-order chi connectivity index (χ1) is 17.7.